The van der Waals surface area contributed by atoms with Crippen molar-refractivity contribution >= 4 is 34.8 Å². The van der Waals surface area contributed by atoms with E-state index in [0.717, 1.165) is 23.5 Å². The Kier molecular flexibility index (Phi) is 6.44. The molecule has 5 nitrogen and oxygen atoms in total. The first-order chi connectivity index (χ1) is 12.9. The van der Waals surface area contributed by atoms with Gasteiger partial charge in [-0.1, -0.05) is 11.6 Å². The molecule has 27 heavy (non-hydrogen) atoms. The van der Waals surface area contributed by atoms with Crippen LogP contribution < -0.4 is 5.32 Å². The van der Waals surface area contributed by atoms with Crippen molar-refractivity contribution in [3.8, 4) is 0 Å². The smallest absolute Gasteiger partial charge is 0.255 e. The molecule has 1 unspecified atom stereocenters. The number of halogens is 2. The Labute approximate surface area is 166 Å². The summed E-state index contributed by atoms with van der Waals surface area (Å²) in [7, 11) is 0. The molecule has 1 N–H and O–H groups in total. The lowest BCUT2D eigenvalue weighted by molar-refractivity contribution is -0.118. The van der Waals surface area contributed by atoms with Crippen LogP contribution in [0.3, 0.4) is 0 Å². The maximum Gasteiger partial charge on any atom is 0.255 e. The molecule has 1 aliphatic rings. The number of hydrogen-bond donors (Lipinski definition) is 1. The van der Waals surface area contributed by atoms with Gasteiger partial charge in [-0.3, -0.25) is 9.59 Å². The van der Waals surface area contributed by atoms with Crippen LogP contribution in [0.1, 0.15) is 46.7 Å². The molecule has 2 amide bonds. The van der Waals surface area contributed by atoms with Gasteiger partial charge in [-0.2, -0.15) is 0 Å². The fourth-order valence-electron chi connectivity index (χ4n) is 3.19. The molecule has 0 spiro atoms. The number of hydrogen-bond acceptors (Lipinski definition) is 4. The van der Waals surface area contributed by atoms with Gasteiger partial charge < -0.3 is 10.2 Å². The summed E-state index contributed by atoms with van der Waals surface area (Å²) in [5, 5.41) is 6.02. The first-order valence-corrected chi connectivity index (χ1v) is 10.1. The van der Waals surface area contributed by atoms with Gasteiger partial charge in [0.2, 0.25) is 5.91 Å². The summed E-state index contributed by atoms with van der Waals surface area (Å²) in [5.41, 5.74) is 1.15. The Balaban J connectivity index is 1.65. The highest BCUT2D eigenvalue weighted by atomic mass is 35.5. The van der Waals surface area contributed by atoms with Crippen molar-refractivity contribution < 1.29 is 14.0 Å². The zero-order chi connectivity index (χ0) is 19.4. The molecular weight excluding hydrogens is 389 g/mol. The Morgan fingerprint density at radius 2 is 2.26 bits per heavy atom. The van der Waals surface area contributed by atoms with Crippen molar-refractivity contribution in [3.63, 3.8) is 0 Å². The van der Waals surface area contributed by atoms with Gasteiger partial charge in [-0.25, -0.2) is 9.37 Å². The topological polar surface area (TPSA) is 62.3 Å². The van der Waals surface area contributed by atoms with Gasteiger partial charge in [-0.15, -0.1) is 11.3 Å². The van der Waals surface area contributed by atoms with Gasteiger partial charge >= 0.3 is 0 Å². The second-order valence-corrected chi connectivity index (χ2v) is 7.92. The molecule has 0 aliphatic carbocycles. The minimum atomic E-state index is -0.472. The van der Waals surface area contributed by atoms with E-state index in [4.69, 9.17) is 11.6 Å². The maximum absolute atomic E-state index is 13.5. The molecule has 1 atom stereocenters. The number of carbonyl (C=O) groups is 2. The second kappa shape index (κ2) is 8.80. The maximum atomic E-state index is 13.5. The Morgan fingerprint density at radius 1 is 1.44 bits per heavy atom. The number of nitrogens with one attached hydrogen (secondary N) is 1. The van der Waals surface area contributed by atoms with Crippen LogP contribution in [-0.4, -0.2) is 41.3 Å². The summed E-state index contributed by atoms with van der Waals surface area (Å²) >= 11 is 7.67. The lowest BCUT2D eigenvalue weighted by Gasteiger charge is -2.32. The predicted octanol–water partition coefficient (Wildman–Crippen LogP) is 3.63. The molecule has 0 bridgehead atoms. The Morgan fingerprint density at radius 3 is 3.04 bits per heavy atom. The summed E-state index contributed by atoms with van der Waals surface area (Å²) in [6, 6.07) is 3.85. The second-order valence-electron chi connectivity index (χ2n) is 6.62. The summed E-state index contributed by atoms with van der Waals surface area (Å²) in [5.74, 6) is -0.607. The van der Waals surface area contributed by atoms with Gasteiger partial charge in [0.05, 0.1) is 21.3 Å². The molecule has 1 aliphatic heterocycles. The normalized spacial score (nSPS) is 17.0. The van der Waals surface area contributed by atoms with E-state index in [1.165, 1.54) is 25.1 Å². The lowest BCUT2D eigenvalue weighted by atomic mass is 9.98. The highest BCUT2D eigenvalue weighted by Crippen LogP contribution is 2.31. The average molecular weight is 410 g/mol. The number of piperidine rings is 1. The third kappa shape index (κ3) is 5.05. The molecule has 2 heterocycles. The summed E-state index contributed by atoms with van der Waals surface area (Å²) < 4.78 is 13.5. The van der Waals surface area contributed by atoms with Crippen LogP contribution in [0.2, 0.25) is 5.02 Å². The number of benzene rings is 1. The summed E-state index contributed by atoms with van der Waals surface area (Å²) in [6.45, 7) is 3.23. The van der Waals surface area contributed by atoms with E-state index >= 15 is 0 Å². The van der Waals surface area contributed by atoms with E-state index in [-0.39, 0.29) is 28.3 Å². The van der Waals surface area contributed by atoms with Gasteiger partial charge in [0.25, 0.3) is 5.91 Å². The molecule has 1 aromatic heterocycles. The van der Waals surface area contributed by atoms with Crippen LogP contribution in [0.15, 0.2) is 23.6 Å². The summed E-state index contributed by atoms with van der Waals surface area (Å²) in [4.78, 5) is 30.1. The first kappa shape index (κ1) is 19.8. The fourth-order valence-corrected chi connectivity index (χ4v) is 4.37. The van der Waals surface area contributed by atoms with Crippen LogP contribution >= 0.6 is 22.9 Å². The summed E-state index contributed by atoms with van der Waals surface area (Å²) in [6.07, 6.45) is 2.51. The third-order valence-electron chi connectivity index (χ3n) is 4.54. The van der Waals surface area contributed by atoms with Crippen molar-refractivity contribution in [2.45, 2.75) is 32.1 Å². The molecule has 2 aromatic rings. The monoisotopic (exact) mass is 409 g/mol. The van der Waals surface area contributed by atoms with E-state index in [0.29, 0.717) is 26.1 Å². The number of thiazole rings is 1. The van der Waals surface area contributed by atoms with E-state index in [1.807, 2.05) is 5.38 Å². The Hall–Kier alpha value is -1.99. The number of nitrogens with zero attached hydrogens (tertiary/aromatic N) is 2. The van der Waals surface area contributed by atoms with E-state index in [9.17, 15) is 14.0 Å². The quantitative estimate of drug-likeness (QED) is 0.820. The molecular formula is C19H21ClFN3O2S. The molecule has 144 valence electrons. The SMILES string of the molecule is CC(=O)NCCc1csc(C2CCCN(C(=O)c3cc(F)ccc3Cl)C2)n1. The standard InChI is InChI=1S/C19H21ClFN3O2S/c1-12(25)22-7-6-15-11-27-18(23-15)13-3-2-8-24(10-13)19(26)16-9-14(21)4-5-17(16)20/h4-5,9,11,13H,2-3,6-8,10H2,1H3,(H,22,25). The van der Waals surface area contributed by atoms with Crippen molar-refractivity contribution in [2.24, 2.45) is 0 Å². The average Bonchev–Trinajstić information content (AvgIpc) is 3.12. The van der Waals surface area contributed by atoms with Gasteiger partial charge in [0.15, 0.2) is 0 Å². The van der Waals surface area contributed by atoms with Crippen LogP contribution in [-0.2, 0) is 11.2 Å². The van der Waals surface area contributed by atoms with Crippen molar-refractivity contribution in [3.05, 3.63) is 50.7 Å². The number of rotatable bonds is 5. The van der Waals surface area contributed by atoms with Crippen LogP contribution in [0.4, 0.5) is 4.39 Å². The zero-order valence-electron chi connectivity index (χ0n) is 15.0. The van der Waals surface area contributed by atoms with Crippen molar-refractivity contribution in [1.82, 2.24) is 15.2 Å². The van der Waals surface area contributed by atoms with Crippen molar-refractivity contribution in [2.75, 3.05) is 19.6 Å². The van der Waals surface area contributed by atoms with Crippen molar-refractivity contribution in [1.29, 1.82) is 0 Å². The Bertz CT molecular complexity index is 842. The number of aromatic nitrogens is 1. The van der Waals surface area contributed by atoms with Crippen LogP contribution in [0.5, 0.6) is 0 Å². The van der Waals surface area contributed by atoms with E-state index in [1.54, 1.807) is 16.2 Å². The zero-order valence-corrected chi connectivity index (χ0v) is 16.6. The van der Waals surface area contributed by atoms with Crippen LogP contribution in [0, 0.1) is 5.82 Å². The molecule has 3 rings (SSSR count). The first-order valence-electron chi connectivity index (χ1n) is 8.87. The minimum absolute atomic E-state index is 0.0529. The van der Waals surface area contributed by atoms with Gasteiger partial charge in [0.1, 0.15) is 5.82 Å². The van der Waals surface area contributed by atoms with Gasteiger partial charge in [0, 0.05) is 44.3 Å². The van der Waals surface area contributed by atoms with Crippen LogP contribution in [0.25, 0.3) is 0 Å². The molecule has 0 saturated carbocycles. The predicted molar refractivity (Wildman–Crippen MR) is 104 cm³/mol. The number of likely N-dealkylation sites (tertiary alicyclic amines) is 1. The highest BCUT2D eigenvalue weighted by molar-refractivity contribution is 7.09. The third-order valence-corrected chi connectivity index (χ3v) is 5.93. The molecule has 8 heteroatoms. The van der Waals surface area contributed by atoms with E-state index in [2.05, 4.69) is 10.3 Å². The highest BCUT2D eigenvalue weighted by Gasteiger charge is 2.28. The van der Waals surface area contributed by atoms with E-state index < -0.39 is 5.82 Å². The fraction of sp³-hybridized carbons (Fsp3) is 0.421. The molecule has 1 fully saturated rings. The minimum Gasteiger partial charge on any atom is -0.356 e. The largest absolute Gasteiger partial charge is 0.356 e. The molecule has 0 radical (unpaired) electrons. The molecule has 1 saturated heterocycles. The van der Waals surface area contributed by atoms with Gasteiger partial charge in [-0.05, 0) is 31.0 Å². The number of amides is 2. The molecule has 1 aromatic carbocycles. The number of carbonyl (C=O) groups excluding carboxylic acids is 2. The lowest BCUT2D eigenvalue weighted by Crippen LogP contribution is -2.39.